The van der Waals surface area contributed by atoms with Gasteiger partial charge in [0, 0.05) is 36.5 Å². The highest BCUT2D eigenvalue weighted by molar-refractivity contribution is 7.13. The molecule has 1 aliphatic carbocycles. The number of nitrogens with one attached hydrogen (secondary N) is 2. The number of hydrogen-bond acceptors (Lipinski definition) is 4. The number of ether oxygens (including phenoxy) is 1. The lowest BCUT2D eigenvalue weighted by molar-refractivity contribution is -0.0671. The third kappa shape index (κ3) is 3.28. The summed E-state index contributed by atoms with van der Waals surface area (Å²) in [6.07, 6.45) is 4.96. The van der Waals surface area contributed by atoms with E-state index < -0.39 is 0 Å². The summed E-state index contributed by atoms with van der Waals surface area (Å²) in [6, 6.07) is 7.47. The Hall–Kier alpha value is -1.92. The molecule has 1 aliphatic rings. The largest absolute Gasteiger partial charge is 0.376 e. The first-order chi connectivity index (χ1) is 10.7. The minimum Gasteiger partial charge on any atom is -0.376 e. The predicted octanol–water partition coefficient (Wildman–Crippen LogP) is 3.50. The Morgan fingerprint density at radius 3 is 2.68 bits per heavy atom. The molecular weight excluding hydrogens is 298 g/mol. The van der Waals surface area contributed by atoms with Crippen LogP contribution in [0.3, 0.4) is 0 Å². The first-order valence-electron chi connectivity index (χ1n) is 7.31. The number of amides is 2. The molecular formula is C16H19N3O2S. The lowest BCUT2D eigenvalue weighted by atomic mass is 9.80. The molecule has 0 atom stereocenters. The molecule has 1 heterocycles. The van der Waals surface area contributed by atoms with Gasteiger partial charge in [0.2, 0.25) is 0 Å². The summed E-state index contributed by atoms with van der Waals surface area (Å²) >= 11 is 1.59. The predicted molar refractivity (Wildman–Crippen MR) is 88.2 cm³/mol. The van der Waals surface area contributed by atoms with Crippen LogP contribution < -0.4 is 10.6 Å². The monoisotopic (exact) mass is 317 g/mol. The van der Waals surface area contributed by atoms with Gasteiger partial charge in [-0.25, -0.2) is 9.78 Å². The average Bonchev–Trinajstić information content (AvgIpc) is 3.02. The lowest BCUT2D eigenvalue weighted by Crippen LogP contribution is -2.50. The van der Waals surface area contributed by atoms with Crippen LogP contribution in [0, 0.1) is 0 Å². The Kier molecular flexibility index (Phi) is 4.40. The zero-order valence-electron chi connectivity index (χ0n) is 12.5. The number of carbonyl (C=O) groups is 1. The molecule has 22 heavy (non-hydrogen) atoms. The third-order valence-electron chi connectivity index (χ3n) is 4.09. The third-order valence-corrected chi connectivity index (χ3v) is 4.91. The maximum atomic E-state index is 11.9. The van der Waals surface area contributed by atoms with Crippen molar-refractivity contribution in [2.75, 3.05) is 19.0 Å². The van der Waals surface area contributed by atoms with Crippen molar-refractivity contribution in [2.24, 2.45) is 0 Å². The first kappa shape index (κ1) is 15.0. The van der Waals surface area contributed by atoms with E-state index in [1.807, 2.05) is 29.6 Å². The second-order valence-corrected chi connectivity index (χ2v) is 6.36. The van der Waals surface area contributed by atoms with E-state index in [-0.39, 0.29) is 11.6 Å². The second-order valence-electron chi connectivity index (χ2n) is 5.46. The summed E-state index contributed by atoms with van der Waals surface area (Å²) in [5, 5.41) is 8.64. The van der Waals surface area contributed by atoms with Crippen molar-refractivity contribution in [2.45, 2.75) is 24.9 Å². The van der Waals surface area contributed by atoms with E-state index in [9.17, 15) is 4.79 Å². The maximum Gasteiger partial charge on any atom is 0.319 e. The molecule has 0 spiro atoms. The van der Waals surface area contributed by atoms with Crippen molar-refractivity contribution < 1.29 is 9.53 Å². The van der Waals surface area contributed by atoms with Crippen LogP contribution in [0.25, 0.3) is 10.6 Å². The van der Waals surface area contributed by atoms with Crippen LogP contribution in [-0.4, -0.2) is 30.3 Å². The molecule has 1 saturated carbocycles. The number of thiazole rings is 1. The van der Waals surface area contributed by atoms with E-state index in [0.717, 1.165) is 35.5 Å². The highest BCUT2D eigenvalue weighted by Crippen LogP contribution is 2.34. The Morgan fingerprint density at radius 2 is 2.14 bits per heavy atom. The molecule has 0 aliphatic heterocycles. The fraction of sp³-hybridized carbons (Fsp3) is 0.375. The van der Waals surface area contributed by atoms with Gasteiger partial charge >= 0.3 is 6.03 Å². The van der Waals surface area contributed by atoms with Crippen molar-refractivity contribution in [3.8, 4) is 10.6 Å². The number of aromatic nitrogens is 1. The molecule has 2 N–H and O–H groups in total. The van der Waals surface area contributed by atoms with Gasteiger partial charge in [-0.2, -0.15) is 0 Å². The van der Waals surface area contributed by atoms with Crippen LogP contribution in [0.5, 0.6) is 0 Å². The maximum absolute atomic E-state index is 11.9. The molecule has 116 valence electrons. The lowest BCUT2D eigenvalue weighted by Gasteiger charge is -2.40. The summed E-state index contributed by atoms with van der Waals surface area (Å²) in [4.78, 5) is 16.2. The van der Waals surface area contributed by atoms with Gasteiger partial charge in [0.05, 0.1) is 5.60 Å². The number of methoxy groups -OCH3 is 1. The number of nitrogens with zero attached hydrogens (tertiary/aromatic N) is 1. The number of urea groups is 1. The Morgan fingerprint density at radius 1 is 1.36 bits per heavy atom. The molecule has 0 radical (unpaired) electrons. The van der Waals surface area contributed by atoms with Gasteiger partial charge in [-0.1, -0.05) is 0 Å². The first-order valence-corrected chi connectivity index (χ1v) is 8.19. The van der Waals surface area contributed by atoms with E-state index in [2.05, 4.69) is 15.6 Å². The van der Waals surface area contributed by atoms with Crippen LogP contribution in [0.2, 0.25) is 0 Å². The standard InChI is InChI=1S/C16H19N3O2S/c1-21-16(7-2-8-16)11-18-15(20)19-13-5-3-12(4-6-13)14-17-9-10-22-14/h3-6,9-10H,2,7-8,11H2,1H3,(H2,18,19,20). The van der Waals surface area contributed by atoms with Crippen LogP contribution in [0.15, 0.2) is 35.8 Å². The van der Waals surface area contributed by atoms with E-state index in [1.165, 1.54) is 0 Å². The Balaban J connectivity index is 1.53. The van der Waals surface area contributed by atoms with Crippen molar-refractivity contribution >= 4 is 23.1 Å². The summed E-state index contributed by atoms with van der Waals surface area (Å²) in [7, 11) is 1.70. The SMILES string of the molecule is COC1(CNC(=O)Nc2ccc(-c3nccs3)cc2)CCC1. The van der Waals surface area contributed by atoms with Gasteiger partial charge < -0.3 is 15.4 Å². The molecule has 2 amide bonds. The van der Waals surface area contributed by atoms with Crippen molar-refractivity contribution in [3.05, 3.63) is 35.8 Å². The summed E-state index contributed by atoms with van der Waals surface area (Å²) in [5.41, 5.74) is 1.65. The molecule has 2 aromatic rings. The topological polar surface area (TPSA) is 63.2 Å². The molecule has 0 unspecified atom stereocenters. The van der Waals surface area contributed by atoms with Gasteiger partial charge in [-0.3, -0.25) is 0 Å². The number of anilines is 1. The van der Waals surface area contributed by atoms with Crippen molar-refractivity contribution in [1.29, 1.82) is 0 Å². The molecule has 1 aromatic heterocycles. The molecule has 3 rings (SSSR count). The Bertz CT molecular complexity index is 616. The minimum atomic E-state index is -0.203. The molecule has 1 aromatic carbocycles. The number of hydrogen-bond donors (Lipinski definition) is 2. The summed E-state index contributed by atoms with van der Waals surface area (Å²) in [6.45, 7) is 0.548. The van der Waals surface area contributed by atoms with Crippen LogP contribution >= 0.6 is 11.3 Å². The fourth-order valence-electron chi connectivity index (χ4n) is 2.50. The highest BCUT2D eigenvalue weighted by atomic mass is 32.1. The second kappa shape index (κ2) is 6.46. The van der Waals surface area contributed by atoms with Crippen LogP contribution in [0.1, 0.15) is 19.3 Å². The van der Waals surface area contributed by atoms with E-state index in [1.54, 1.807) is 24.6 Å². The summed E-state index contributed by atoms with van der Waals surface area (Å²) < 4.78 is 5.48. The zero-order chi connectivity index (χ0) is 15.4. The Labute approximate surface area is 133 Å². The van der Waals surface area contributed by atoms with Crippen molar-refractivity contribution in [3.63, 3.8) is 0 Å². The van der Waals surface area contributed by atoms with Crippen LogP contribution in [0.4, 0.5) is 10.5 Å². The quantitative estimate of drug-likeness (QED) is 0.887. The molecule has 5 nitrogen and oxygen atoms in total. The van der Waals surface area contributed by atoms with Crippen LogP contribution in [-0.2, 0) is 4.74 Å². The number of rotatable bonds is 5. The molecule has 1 fully saturated rings. The summed E-state index contributed by atoms with van der Waals surface area (Å²) in [5.74, 6) is 0. The van der Waals surface area contributed by atoms with Crippen molar-refractivity contribution in [1.82, 2.24) is 10.3 Å². The molecule has 0 bridgehead atoms. The highest BCUT2D eigenvalue weighted by Gasteiger charge is 2.37. The van der Waals surface area contributed by atoms with Gasteiger partial charge in [0.25, 0.3) is 0 Å². The molecule has 6 heteroatoms. The normalized spacial score (nSPS) is 15.9. The number of benzene rings is 1. The molecule has 0 saturated heterocycles. The van der Waals surface area contributed by atoms with Gasteiger partial charge in [0.15, 0.2) is 0 Å². The zero-order valence-corrected chi connectivity index (χ0v) is 13.3. The van der Waals surface area contributed by atoms with Gasteiger partial charge in [0.1, 0.15) is 5.01 Å². The number of carbonyl (C=O) groups excluding carboxylic acids is 1. The van der Waals surface area contributed by atoms with Gasteiger partial charge in [-0.05, 0) is 43.5 Å². The fourth-order valence-corrected chi connectivity index (χ4v) is 3.15. The minimum absolute atomic E-state index is 0.161. The van der Waals surface area contributed by atoms with E-state index in [4.69, 9.17) is 4.74 Å². The van der Waals surface area contributed by atoms with E-state index in [0.29, 0.717) is 6.54 Å². The van der Waals surface area contributed by atoms with E-state index >= 15 is 0 Å². The average molecular weight is 317 g/mol. The smallest absolute Gasteiger partial charge is 0.319 e. The van der Waals surface area contributed by atoms with Gasteiger partial charge in [-0.15, -0.1) is 11.3 Å².